The summed E-state index contributed by atoms with van der Waals surface area (Å²) >= 11 is 0. The molecule has 1 nitrogen and oxygen atoms in total. The Hall–Kier alpha value is -0.0400. The molecular formula is C11H27N. The second kappa shape index (κ2) is 9.05. The molecule has 0 aromatic rings. The molecule has 1 heteroatoms. The van der Waals surface area contributed by atoms with E-state index in [0.717, 1.165) is 18.5 Å². The molecule has 0 fully saturated rings. The molecule has 1 unspecified atom stereocenters. The second-order valence-electron chi connectivity index (χ2n) is 3.76. The summed E-state index contributed by atoms with van der Waals surface area (Å²) in [4.78, 5) is 2.37. The quantitative estimate of drug-likeness (QED) is 0.632. The molecule has 0 saturated carbocycles. The molecular weight excluding hydrogens is 146 g/mol. The summed E-state index contributed by atoms with van der Waals surface area (Å²) in [5, 5.41) is 0. The molecule has 0 aromatic carbocycles. The Kier molecular flexibility index (Phi) is 10.9. The van der Waals surface area contributed by atoms with Gasteiger partial charge < -0.3 is 4.90 Å². The lowest BCUT2D eigenvalue weighted by molar-refractivity contribution is 0.218. The highest BCUT2D eigenvalue weighted by atomic mass is 15.1. The van der Waals surface area contributed by atoms with Crippen LogP contribution in [-0.2, 0) is 0 Å². The van der Waals surface area contributed by atoms with Crippen molar-refractivity contribution in [3.05, 3.63) is 0 Å². The van der Waals surface area contributed by atoms with E-state index in [1.165, 1.54) is 6.42 Å². The third-order valence-corrected chi connectivity index (χ3v) is 2.16. The minimum absolute atomic E-state index is 0.718. The fraction of sp³-hybridized carbons (Fsp3) is 1.00. The van der Waals surface area contributed by atoms with Crippen molar-refractivity contribution in [2.24, 2.45) is 5.92 Å². The van der Waals surface area contributed by atoms with Gasteiger partial charge in [-0.25, -0.2) is 0 Å². The van der Waals surface area contributed by atoms with Gasteiger partial charge in [-0.15, -0.1) is 0 Å². The predicted octanol–water partition coefficient (Wildman–Crippen LogP) is 3.40. The van der Waals surface area contributed by atoms with Gasteiger partial charge in [0.05, 0.1) is 0 Å². The Morgan fingerprint density at radius 1 is 1.00 bits per heavy atom. The molecule has 0 bridgehead atoms. The molecule has 12 heavy (non-hydrogen) atoms. The van der Waals surface area contributed by atoms with Crippen LogP contribution in [0, 0.1) is 5.92 Å². The molecule has 0 heterocycles. The van der Waals surface area contributed by atoms with Crippen LogP contribution in [0.3, 0.4) is 0 Å². The fourth-order valence-corrected chi connectivity index (χ4v) is 0.797. The first-order chi connectivity index (χ1) is 5.51. The first kappa shape index (κ1) is 14.5. The van der Waals surface area contributed by atoms with Crippen LogP contribution in [-0.4, -0.2) is 24.5 Å². The minimum atomic E-state index is 0.718. The Balaban J connectivity index is 0. The molecule has 0 aromatic heterocycles. The molecule has 1 atom stereocenters. The van der Waals surface area contributed by atoms with Crippen molar-refractivity contribution in [1.82, 2.24) is 4.90 Å². The lowest BCUT2D eigenvalue weighted by atomic mass is 10.1. The van der Waals surface area contributed by atoms with E-state index in [9.17, 15) is 0 Å². The van der Waals surface area contributed by atoms with E-state index in [1.54, 1.807) is 0 Å². The van der Waals surface area contributed by atoms with Crippen molar-refractivity contribution in [2.45, 2.75) is 54.0 Å². The van der Waals surface area contributed by atoms with Crippen molar-refractivity contribution in [3.63, 3.8) is 0 Å². The van der Waals surface area contributed by atoms with Crippen LogP contribution in [0.2, 0.25) is 0 Å². The molecule has 0 aliphatic rings. The van der Waals surface area contributed by atoms with Gasteiger partial charge in [-0.1, -0.05) is 41.0 Å². The average molecular weight is 173 g/mol. The molecule has 0 saturated heterocycles. The van der Waals surface area contributed by atoms with E-state index >= 15 is 0 Å². The van der Waals surface area contributed by atoms with E-state index in [1.807, 2.05) is 0 Å². The van der Waals surface area contributed by atoms with E-state index in [0.29, 0.717) is 0 Å². The van der Waals surface area contributed by atoms with Gasteiger partial charge in [-0.2, -0.15) is 0 Å². The summed E-state index contributed by atoms with van der Waals surface area (Å²) in [6.07, 6.45) is 1.25. The standard InChI is InChI=1S/C8H19N.C3H8/c1-6-9(5)8(4)7(2)3;1-3-2/h7-8H,6H2,1-5H3;3H2,1-2H3. The van der Waals surface area contributed by atoms with Crippen molar-refractivity contribution in [2.75, 3.05) is 13.6 Å². The molecule has 0 aliphatic carbocycles. The predicted molar refractivity (Wildman–Crippen MR) is 58.6 cm³/mol. The Labute approximate surface area is 79.2 Å². The third-order valence-electron chi connectivity index (χ3n) is 2.16. The van der Waals surface area contributed by atoms with Gasteiger partial charge in [0.15, 0.2) is 0 Å². The van der Waals surface area contributed by atoms with Gasteiger partial charge in [0.2, 0.25) is 0 Å². The van der Waals surface area contributed by atoms with Gasteiger partial charge in [-0.05, 0) is 26.4 Å². The summed E-state index contributed by atoms with van der Waals surface area (Å²) in [5.41, 5.74) is 0. The Morgan fingerprint density at radius 3 is 1.42 bits per heavy atom. The molecule has 0 spiro atoms. The van der Waals surface area contributed by atoms with Gasteiger partial charge in [0, 0.05) is 6.04 Å². The van der Waals surface area contributed by atoms with Gasteiger partial charge in [-0.3, -0.25) is 0 Å². The average Bonchev–Trinajstić information content (AvgIpc) is 2.03. The normalized spacial score (nSPS) is 12.8. The zero-order chi connectivity index (χ0) is 10.1. The topological polar surface area (TPSA) is 3.24 Å². The van der Waals surface area contributed by atoms with E-state index in [-0.39, 0.29) is 0 Å². The molecule has 0 radical (unpaired) electrons. The first-order valence-corrected chi connectivity index (χ1v) is 5.21. The summed E-state index contributed by atoms with van der Waals surface area (Å²) in [6.45, 7) is 14.4. The van der Waals surface area contributed by atoms with Crippen LogP contribution in [0.1, 0.15) is 48.0 Å². The van der Waals surface area contributed by atoms with Crippen molar-refractivity contribution in [1.29, 1.82) is 0 Å². The van der Waals surface area contributed by atoms with Gasteiger partial charge in [0.1, 0.15) is 0 Å². The molecule has 76 valence electrons. The third kappa shape index (κ3) is 8.06. The van der Waals surface area contributed by atoms with Crippen LogP contribution in [0.25, 0.3) is 0 Å². The second-order valence-corrected chi connectivity index (χ2v) is 3.76. The highest BCUT2D eigenvalue weighted by Gasteiger charge is 2.09. The highest BCUT2D eigenvalue weighted by molar-refractivity contribution is 4.64. The maximum Gasteiger partial charge on any atom is 0.00867 e. The molecule has 0 N–H and O–H groups in total. The molecule has 0 rings (SSSR count). The van der Waals surface area contributed by atoms with Crippen LogP contribution in [0.15, 0.2) is 0 Å². The number of nitrogens with zero attached hydrogens (tertiary/aromatic N) is 1. The number of rotatable bonds is 3. The number of hydrogen-bond acceptors (Lipinski definition) is 1. The largest absolute Gasteiger partial charge is 0.304 e. The number of hydrogen-bond donors (Lipinski definition) is 0. The molecule has 0 aliphatic heterocycles. The fourth-order valence-electron chi connectivity index (χ4n) is 0.797. The maximum atomic E-state index is 2.37. The summed E-state index contributed by atoms with van der Waals surface area (Å²) in [6, 6.07) is 0.718. The summed E-state index contributed by atoms with van der Waals surface area (Å²) in [7, 11) is 2.17. The van der Waals surface area contributed by atoms with Crippen LogP contribution in [0.4, 0.5) is 0 Å². The van der Waals surface area contributed by atoms with Gasteiger partial charge in [0.25, 0.3) is 0 Å². The SMILES string of the molecule is CCC.CCN(C)C(C)C(C)C. The van der Waals surface area contributed by atoms with E-state index in [4.69, 9.17) is 0 Å². The highest BCUT2D eigenvalue weighted by Crippen LogP contribution is 2.06. The molecule has 0 amide bonds. The van der Waals surface area contributed by atoms with E-state index < -0.39 is 0 Å². The van der Waals surface area contributed by atoms with E-state index in [2.05, 4.69) is 53.5 Å². The summed E-state index contributed by atoms with van der Waals surface area (Å²) < 4.78 is 0. The Bertz CT molecular complexity index is 79.1. The summed E-state index contributed by atoms with van der Waals surface area (Å²) in [5.74, 6) is 0.773. The lowest BCUT2D eigenvalue weighted by Crippen LogP contribution is -2.32. The smallest absolute Gasteiger partial charge is 0.00867 e. The monoisotopic (exact) mass is 173 g/mol. The van der Waals surface area contributed by atoms with Crippen LogP contribution >= 0.6 is 0 Å². The zero-order valence-electron chi connectivity index (χ0n) is 10.0. The zero-order valence-corrected chi connectivity index (χ0v) is 10.0. The van der Waals surface area contributed by atoms with Crippen molar-refractivity contribution in [3.8, 4) is 0 Å². The van der Waals surface area contributed by atoms with Crippen molar-refractivity contribution >= 4 is 0 Å². The Morgan fingerprint density at radius 2 is 1.33 bits per heavy atom. The minimum Gasteiger partial charge on any atom is -0.304 e. The first-order valence-electron chi connectivity index (χ1n) is 5.21. The maximum absolute atomic E-state index is 2.37. The van der Waals surface area contributed by atoms with Crippen LogP contribution < -0.4 is 0 Å². The van der Waals surface area contributed by atoms with Gasteiger partial charge >= 0.3 is 0 Å². The van der Waals surface area contributed by atoms with Crippen molar-refractivity contribution < 1.29 is 0 Å². The van der Waals surface area contributed by atoms with Crippen LogP contribution in [0.5, 0.6) is 0 Å². The lowest BCUT2D eigenvalue weighted by Gasteiger charge is -2.26.